The lowest BCUT2D eigenvalue weighted by Gasteiger charge is -2.13. The number of ether oxygens (including phenoxy) is 1. The summed E-state index contributed by atoms with van der Waals surface area (Å²) in [6, 6.07) is 5.99. The molecule has 0 saturated heterocycles. The zero-order valence-corrected chi connectivity index (χ0v) is 14.9. The molecule has 1 heterocycles. The Morgan fingerprint density at radius 3 is 2.62 bits per heavy atom. The molecule has 0 amide bonds. The van der Waals surface area contributed by atoms with Gasteiger partial charge in [-0.1, -0.05) is 19.9 Å². The third-order valence-corrected chi connectivity index (χ3v) is 4.32. The van der Waals surface area contributed by atoms with Gasteiger partial charge in [0.1, 0.15) is 11.6 Å². The van der Waals surface area contributed by atoms with Crippen LogP contribution in [0.25, 0.3) is 11.4 Å². The average molecular weight is 397 g/mol. The van der Waals surface area contributed by atoms with E-state index in [2.05, 4.69) is 41.4 Å². The highest BCUT2D eigenvalue weighted by Crippen LogP contribution is 2.31. The molecule has 2 aromatic rings. The monoisotopic (exact) mass is 397 g/mol. The van der Waals surface area contributed by atoms with Crippen LogP contribution in [-0.4, -0.2) is 17.1 Å². The van der Waals surface area contributed by atoms with Crippen molar-refractivity contribution in [2.45, 2.75) is 27.2 Å². The molecule has 112 valence electrons. The molecule has 0 atom stereocenters. The first-order valence-corrected chi connectivity index (χ1v) is 7.97. The van der Waals surface area contributed by atoms with Crippen molar-refractivity contribution in [3.63, 3.8) is 0 Å². The molecule has 1 aromatic heterocycles. The van der Waals surface area contributed by atoms with E-state index in [1.54, 1.807) is 7.11 Å². The summed E-state index contributed by atoms with van der Waals surface area (Å²) in [4.78, 5) is 9.13. The minimum absolute atomic E-state index is 0.514. The molecule has 0 aliphatic rings. The third-order valence-electron chi connectivity index (χ3n) is 3.14. The number of benzene rings is 1. The van der Waals surface area contributed by atoms with E-state index in [1.165, 1.54) is 0 Å². The Morgan fingerprint density at radius 2 is 2.00 bits per heavy atom. The summed E-state index contributed by atoms with van der Waals surface area (Å²) < 4.78 is 6.39. The summed E-state index contributed by atoms with van der Waals surface area (Å²) >= 11 is 2.22. The third kappa shape index (κ3) is 3.64. The number of aryl methyl sites for hydroxylation is 1. The molecule has 0 unspecified atom stereocenters. The summed E-state index contributed by atoms with van der Waals surface area (Å²) in [5, 5.41) is 0. The fourth-order valence-corrected chi connectivity index (χ4v) is 2.60. The number of halogens is 1. The largest absolute Gasteiger partial charge is 0.496 e. The number of aromatic nitrogens is 2. The second-order valence-corrected chi connectivity index (χ2v) is 6.57. The van der Waals surface area contributed by atoms with Crippen LogP contribution in [0.2, 0.25) is 0 Å². The number of nitrogens with two attached hydrogens (primary N) is 1. The Labute approximate surface area is 139 Å². The van der Waals surface area contributed by atoms with Crippen molar-refractivity contribution in [2.24, 2.45) is 5.92 Å². The van der Waals surface area contributed by atoms with Crippen molar-refractivity contribution in [1.29, 1.82) is 0 Å². The Morgan fingerprint density at radius 1 is 1.29 bits per heavy atom. The standard InChI is InChI=1S/C16H20IN3O/c1-9(2)7-12-14(17)15(18)20-16(19-12)11-6-5-10(3)8-13(11)21-4/h5-6,8-9H,7H2,1-4H3,(H2,18,19,20). The van der Waals surface area contributed by atoms with Crippen LogP contribution in [-0.2, 0) is 6.42 Å². The van der Waals surface area contributed by atoms with Crippen LogP contribution in [0.5, 0.6) is 5.75 Å². The van der Waals surface area contributed by atoms with Gasteiger partial charge < -0.3 is 10.5 Å². The minimum atomic E-state index is 0.514. The Kier molecular flexibility index (Phi) is 5.03. The fraction of sp³-hybridized carbons (Fsp3) is 0.375. The van der Waals surface area contributed by atoms with Gasteiger partial charge in [-0.3, -0.25) is 0 Å². The predicted octanol–water partition coefficient (Wildman–Crippen LogP) is 3.85. The number of methoxy groups -OCH3 is 1. The van der Waals surface area contributed by atoms with Crippen molar-refractivity contribution in [3.8, 4) is 17.1 Å². The topological polar surface area (TPSA) is 61.0 Å². The predicted molar refractivity (Wildman–Crippen MR) is 94.4 cm³/mol. The Hall–Kier alpha value is -1.37. The number of nitrogen functional groups attached to an aromatic ring is 1. The highest BCUT2D eigenvalue weighted by molar-refractivity contribution is 14.1. The van der Waals surface area contributed by atoms with Gasteiger partial charge in [-0.25, -0.2) is 9.97 Å². The molecule has 21 heavy (non-hydrogen) atoms. The van der Waals surface area contributed by atoms with Gasteiger partial charge in [-0.2, -0.15) is 0 Å². The SMILES string of the molecule is COc1cc(C)ccc1-c1nc(N)c(I)c(CC(C)C)n1. The maximum atomic E-state index is 6.06. The lowest BCUT2D eigenvalue weighted by atomic mass is 10.1. The maximum Gasteiger partial charge on any atom is 0.165 e. The highest BCUT2D eigenvalue weighted by atomic mass is 127. The van der Waals surface area contributed by atoms with Gasteiger partial charge in [0.25, 0.3) is 0 Å². The second-order valence-electron chi connectivity index (χ2n) is 5.49. The number of rotatable bonds is 4. The molecule has 0 bridgehead atoms. The minimum Gasteiger partial charge on any atom is -0.496 e. The number of hydrogen-bond acceptors (Lipinski definition) is 4. The zero-order valence-electron chi connectivity index (χ0n) is 12.8. The van der Waals surface area contributed by atoms with Gasteiger partial charge in [0, 0.05) is 0 Å². The van der Waals surface area contributed by atoms with E-state index in [-0.39, 0.29) is 0 Å². The Balaban J connectivity index is 2.56. The summed E-state index contributed by atoms with van der Waals surface area (Å²) in [6.07, 6.45) is 0.881. The van der Waals surface area contributed by atoms with Gasteiger partial charge in [-0.05, 0) is 59.5 Å². The smallest absolute Gasteiger partial charge is 0.165 e. The fourth-order valence-electron chi connectivity index (χ4n) is 2.14. The first-order valence-electron chi connectivity index (χ1n) is 6.89. The van der Waals surface area contributed by atoms with Crippen molar-refractivity contribution in [3.05, 3.63) is 33.0 Å². The summed E-state index contributed by atoms with van der Waals surface area (Å²) in [5.74, 6) is 2.44. The van der Waals surface area contributed by atoms with E-state index < -0.39 is 0 Å². The van der Waals surface area contributed by atoms with Gasteiger partial charge in [0.05, 0.1) is 21.9 Å². The molecular weight excluding hydrogens is 377 g/mol. The van der Waals surface area contributed by atoms with Crippen molar-refractivity contribution < 1.29 is 4.74 Å². The summed E-state index contributed by atoms with van der Waals surface area (Å²) in [6.45, 7) is 6.36. The first kappa shape index (κ1) is 16.0. The second kappa shape index (κ2) is 6.60. The Bertz CT molecular complexity index is 656. The van der Waals surface area contributed by atoms with Crippen LogP contribution < -0.4 is 10.5 Å². The van der Waals surface area contributed by atoms with Crippen LogP contribution in [0.15, 0.2) is 18.2 Å². The van der Waals surface area contributed by atoms with Crippen LogP contribution in [0, 0.1) is 16.4 Å². The lowest BCUT2D eigenvalue weighted by Crippen LogP contribution is -2.08. The van der Waals surface area contributed by atoms with Crippen molar-refractivity contribution in [1.82, 2.24) is 9.97 Å². The molecule has 0 fully saturated rings. The molecule has 0 saturated carbocycles. The van der Waals surface area contributed by atoms with Crippen LogP contribution >= 0.6 is 22.6 Å². The number of nitrogens with zero attached hydrogens (tertiary/aromatic N) is 2. The van der Waals surface area contributed by atoms with Crippen LogP contribution in [0.4, 0.5) is 5.82 Å². The van der Waals surface area contributed by atoms with E-state index in [1.807, 2.05) is 25.1 Å². The van der Waals surface area contributed by atoms with E-state index in [0.717, 1.165) is 32.6 Å². The van der Waals surface area contributed by atoms with E-state index in [0.29, 0.717) is 17.6 Å². The van der Waals surface area contributed by atoms with Gasteiger partial charge in [0.2, 0.25) is 0 Å². The van der Waals surface area contributed by atoms with E-state index in [9.17, 15) is 0 Å². The molecule has 0 radical (unpaired) electrons. The molecule has 4 nitrogen and oxygen atoms in total. The van der Waals surface area contributed by atoms with Crippen molar-refractivity contribution in [2.75, 3.05) is 12.8 Å². The maximum absolute atomic E-state index is 6.06. The normalized spacial score (nSPS) is 11.0. The summed E-state index contributed by atoms with van der Waals surface area (Å²) in [5.41, 5.74) is 9.06. The number of anilines is 1. The van der Waals surface area contributed by atoms with Gasteiger partial charge in [0.15, 0.2) is 5.82 Å². The molecule has 0 aliphatic carbocycles. The highest BCUT2D eigenvalue weighted by Gasteiger charge is 2.15. The van der Waals surface area contributed by atoms with E-state index >= 15 is 0 Å². The van der Waals surface area contributed by atoms with Gasteiger partial charge in [-0.15, -0.1) is 0 Å². The number of hydrogen-bond donors (Lipinski definition) is 1. The average Bonchev–Trinajstić information content (AvgIpc) is 2.43. The van der Waals surface area contributed by atoms with Gasteiger partial charge >= 0.3 is 0 Å². The molecule has 1 aromatic carbocycles. The molecular formula is C16H20IN3O. The van der Waals surface area contributed by atoms with Crippen LogP contribution in [0.3, 0.4) is 0 Å². The van der Waals surface area contributed by atoms with E-state index in [4.69, 9.17) is 15.5 Å². The molecule has 2 rings (SSSR count). The quantitative estimate of drug-likeness (QED) is 0.797. The molecule has 0 aliphatic heterocycles. The molecule has 2 N–H and O–H groups in total. The van der Waals surface area contributed by atoms with Crippen molar-refractivity contribution >= 4 is 28.4 Å². The van der Waals surface area contributed by atoms with Crippen LogP contribution in [0.1, 0.15) is 25.1 Å². The lowest BCUT2D eigenvalue weighted by molar-refractivity contribution is 0.416. The summed E-state index contributed by atoms with van der Waals surface area (Å²) in [7, 11) is 1.66. The first-order chi connectivity index (χ1) is 9.92. The zero-order chi connectivity index (χ0) is 15.6. The molecule has 5 heteroatoms. The molecule has 0 spiro atoms.